The molecule has 0 bridgehead atoms. The number of nitrogens with zero attached hydrogens (tertiary/aromatic N) is 3. The van der Waals surface area contributed by atoms with Crippen LogP contribution in [0.3, 0.4) is 0 Å². The molecule has 6 nitrogen and oxygen atoms in total. The van der Waals surface area contributed by atoms with Crippen LogP contribution >= 0.6 is 0 Å². The first-order valence-corrected chi connectivity index (χ1v) is 6.56. The van der Waals surface area contributed by atoms with Gasteiger partial charge in [-0.2, -0.15) is 0 Å². The van der Waals surface area contributed by atoms with E-state index in [-0.39, 0.29) is 6.04 Å². The van der Waals surface area contributed by atoms with Gasteiger partial charge >= 0.3 is 0 Å². The summed E-state index contributed by atoms with van der Waals surface area (Å²) < 4.78 is 12.9. The molecule has 0 unspecified atom stereocenters. The Hall–Kier alpha value is -2.08. The standard InChI is InChI=1S/C14H20N4O2/c1-10(2)18-12(11(8-15)16-17-18)9-20-14-7-5-4-6-13(14)19-3/h4-7,10H,8-9,15H2,1-3H3. The summed E-state index contributed by atoms with van der Waals surface area (Å²) in [5.74, 6) is 1.39. The van der Waals surface area contributed by atoms with Gasteiger partial charge in [0.1, 0.15) is 18.0 Å². The molecule has 0 atom stereocenters. The van der Waals surface area contributed by atoms with Crippen LogP contribution in [-0.4, -0.2) is 22.1 Å². The van der Waals surface area contributed by atoms with E-state index in [9.17, 15) is 0 Å². The number of rotatable bonds is 6. The number of hydrogen-bond acceptors (Lipinski definition) is 5. The van der Waals surface area contributed by atoms with E-state index >= 15 is 0 Å². The maximum Gasteiger partial charge on any atom is 0.161 e. The van der Waals surface area contributed by atoms with Gasteiger partial charge in [-0.1, -0.05) is 17.3 Å². The fourth-order valence-electron chi connectivity index (χ4n) is 1.95. The third-order valence-corrected chi connectivity index (χ3v) is 2.99. The Labute approximate surface area is 118 Å². The molecule has 1 aromatic heterocycles. The highest BCUT2D eigenvalue weighted by atomic mass is 16.5. The molecule has 2 aromatic rings. The molecular formula is C14H20N4O2. The van der Waals surface area contributed by atoms with Crippen LogP contribution in [0.4, 0.5) is 0 Å². The van der Waals surface area contributed by atoms with Gasteiger partial charge in [-0.25, -0.2) is 4.68 Å². The maximum absolute atomic E-state index is 5.82. The Morgan fingerprint density at radius 3 is 2.55 bits per heavy atom. The minimum atomic E-state index is 0.207. The average Bonchev–Trinajstić information content (AvgIpc) is 2.88. The van der Waals surface area contributed by atoms with E-state index in [0.717, 1.165) is 11.4 Å². The lowest BCUT2D eigenvalue weighted by molar-refractivity contribution is 0.269. The summed E-state index contributed by atoms with van der Waals surface area (Å²) in [6.07, 6.45) is 0. The highest BCUT2D eigenvalue weighted by molar-refractivity contribution is 5.39. The first kappa shape index (κ1) is 14.3. The van der Waals surface area contributed by atoms with Crippen molar-refractivity contribution in [1.82, 2.24) is 15.0 Å². The van der Waals surface area contributed by atoms with Crippen LogP contribution in [0, 0.1) is 0 Å². The summed E-state index contributed by atoms with van der Waals surface area (Å²) >= 11 is 0. The smallest absolute Gasteiger partial charge is 0.161 e. The van der Waals surface area contributed by atoms with Crippen molar-refractivity contribution in [2.75, 3.05) is 7.11 Å². The second-order valence-corrected chi connectivity index (χ2v) is 4.66. The van der Waals surface area contributed by atoms with Gasteiger partial charge in [0.25, 0.3) is 0 Å². The van der Waals surface area contributed by atoms with Crippen molar-refractivity contribution in [2.45, 2.75) is 33.0 Å². The Balaban J connectivity index is 2.20. The number of methoxy groups -OCH3 is 1. The van der Waals surface area contributed by atoms with E-state index in [2.05, 4.69) is 10.3 Å². The zero-order valence-electron chi connectivity index (χ0n) is 12.0. The Morgan fingerprint density at radius 1 is 1.25 bits per heavy atom. The molecule has 108 valence electrons. The summed E-state index contributed by atoms with van der Waals surface area (Å²) in [5, 5.41) is 8.20. The van der Waals surface area contributed by atoms with Gasteiger partial charge in [0.15, 0.2) is 11.5 Å². The maximum atomic E-state index is 5.82. The second-order valence-electron chi connectivity index (χ2n) is 4.66. The zero-order valence-corrected chi connectivity index (χ0v) is 12.0. The molecule has 2 rings (SSSR count). The highest BCUT2D eigenvalue weighted by Crippen LogP contribution is 2.27. The molecule has 2 N–H and O–H groups in total. The molecule has 6 heteroatoms. The third-order valence-electron chi connectivity index (χ3n) is 2.99. The fourth-order valence-corrected chi connectivity index (χ4v) is 1.95. The van der Waals surface area contributed by atoms with Gasteiger partial charge in [0.2, 0.25) is 0 Å². The number of ether oxygens (including phenoxy) is 2. The van der Waals surface area contributed by atoms with Crippen LogP contribution in [0.15, 0.2) is 24.3 Å². The number of aromatic nitrogens is 3. The number of benzene rings is 1. The number of nitrogens with two attached hydrogens (primary N) is 1. The van der Waals surface area contributed by atoms with Crippen LogP contribution in [-0.2, 0) is 13.2 Å². The van der Waals surface area contributed by atoms with Crippen molar-refractivity contribution in [2.24, 2.45) is 5.73 Å². The molecule has 1 heterocycles. The van der Waals surface area contributed by atoms with Gasteiger partial charge in [-0.3, -0.25) is 0 Å². The predicted octanol–water partition coefficient (Wildman–Crippen LogP) is 1.91. The summed E-state index contributed by atoms with van der Waals surface area (Å²) in [4.78, 5) is 0. The van der Waals surface area contributed by atoms with Crippen LogP contribution in [0.25, 0.3) is 0 Å². The largest absolute Gasteiger partial charge is 0.493 e. The van der Waals surface area contributed by atoms with Crippen LogP contribution in [0.2, 0.25) is 0 Å². The molecule has 0 radical (unpaired) electrons. The Kier molecular flexibility index (Phi) is 4.57. The molecule has 0 fully saturated rings. The summed E-state index contributed by atoms with van der Waals surface area (Å²) in [6.45, 7) is 4.79. The molecule has 0 saturated heterocycles. The number of para-hydroxylation sites is 2. The molecule has 0 saturated carbocycles. The lowest BCUT2D eigenvalue weighted by atomic mass is 10.3. The molecule has 20 heavy (non-hydrogen) atoms. The first-order chi connectivity index (χ1) is 9.67. The molecular weight excluding hydrogens is 256 g/mol. The van der Waals surface area contributed by atoms with E-state index in [4.69, 9.17) is 15.2 Å². The zero-order chi connectivity index (χ0) is 14.5. The molecule has 0 aliphatic carbocycles. The predicted molar refractivity (Wildman–Crippen MR) is 75.6 cm³/mol. The topological polar surface area (TPSA) is 75.2 Å². The van der Waals surface area contributed by atoms with Gasteiger partial charge in [0, 0.05) is 12.6 Å². The number of hydrogen-bond donors (Lipinski definition) is 1. The Bertz CT molecular complexity index is 566. The van der Waals surface area contributed by atoms with E-state index in [1.54, 1.807) is 7.11 Å². The lowest BCUT2D eigenvalue weighted by Gasteiger charge is -2.13. The average molecular weight is 276 g/mol. The van der Waals surface area contributed by atoms with Crippen LogP contribution < -0.4 is 15.2 Å². The van der Waals surface area contributed by atoms with E-state index < -0.39 is 0 Å². The van der Waals surface area contributed by atoms with E-state index in [0.29, 0.717) is 24.7 Å². The third kappa shape index (κ3) is 2.91. The van der Waals surface area contributed by atoms with Crippen molar-refractivity contribution in [3.05, 3.63) is 35.7 Å². The Morgan fingerprint density at radius 2 is 1.95 bits per heavy atom. The quantitative estimate of drug-likeness (QED) is 0.872. The minimum absolute atomic E-state index is 0.207. The lowest BCUT2D eigenvalue weighted by Crippen LogP contribution is -2.12. The van der Waals surface area contributed by atoms with Crippen molar-refractivity contribution in [1.29, 1.82) is 0 Å². The van der Waals surface area contributed by atoms with Gasteiger partial charge in [-0.05, 0) is 26.0 Å². The molecule has 0 aliphatic heterocycles. The fraction of sp³-hybridized carbons (Fsp3) is 0.429. The van der Waals surface area contributed by atoms with E-state index in [1.165, 1.54) is 0 Å². The highest BCUT2D eigenvalue weighted by Gasteiger charge is 2.15. The van der Waals surface area contributed by atoms with Crippen LogP contribution in [0.1, 0.15) is 31.3 Å². The summed E-state index contributed by atoms with van der Waals surface area (Å²) in [7, 11) is 1.62. The van der Waals surface area contributed by atoms with Crippen molar-refractivity contribution < 1.29 is 9.47 Å². The minimum Gasteiger partial charge on any atom is -0.493 e. The molecule has 0 spiro atoms. The summed E-state index contributed by atoms with van der Waals surface area (Å²) in [6, 6.07) is 7.73. The normalized spacial score (nSPS) is 10.8. The molecule has 0 amide bonds. The monoisotopic (exact) mass is 276 g/mol. The van der Waals surface area contributed by atoms with Gasteiger partial charge < -0.3 is 15.2 Å². The van der Waals surface area contributed by atoms with Crippen molar-refractivity contribution in [3.63, 3.8) is 0 Å². The van der Waals surface area contributed by atoms with E-state index in [1.807, 2.05) is 42.8 Å². The second kappa shape index (κ2) is 6.38. The molecule has 1 aromatic carbocycles. The SMILES string of the molecule is COc1ccccc1OCc1c(CN)nnn1C(C)C. The molecule has 0 aliphatic rings. The van der Waals surface area contributed by atoms with Crippen LogP contribution in [0.5, 0.6) is 11.5 Å². The van der Waals surface area contributed by atoms with Gasteiger partial charge in [-0.15, -0.1) is 5.10 Å². The first-order valence-electron chi connectivity index (χ1n) is 6.56. The summed E-state index contributed by atoms with van der Waals surface area (Å²) in [5.41, 5.74) is 7.35. The van der Waals surface area contributed by atoms with Gasteiger partial charge in [0.05, 0.1) is 7.11 Å². The van der Waals surface area contributed by atoms with Crippen molar-refractivity contribution >= 4 is 0 Å². The van der Waals surface area contributed by atoms with Crippen molar-refractivity contribution in [3.8, 4) is 11.5 Å².